The summed E-state index contributed by atoms with van der Waals surface area (Å²) in [4.78, 5) is 21.9. The molecule has 0 heterocycles. The Morgan fingerprint density at radius 1 is 1.20 bits per heavy atom. The summed E-state index contributed by atoms with van der Waals surface area (Å²) in [7, 11) is 0. The third-order valence-electron chi connectivity index (χ3n) is 2.54. The highest BCUT2D eigenvalue weighted by Gasteiger charge is 2.31. The van der Waals surface area contributed by atoms with Crippen molar-refractivity contribution in [2.45, 2.75) is 52.4 Å². The van der Waals surface area contributed by atoms with Crippen LogP contribution in [0.15, 0.2) is 0 Å². The number of unbranched alkanes of at least 4 members (excludes halogenated alkanes) is 3. The quantitative estimate of drug-likeness (QED) is 0.156. The van der Waals surface area contributed by atoms with Gasteiger partial charge >= 0.3 is 12.1 Å². The number of carbonyl (C=O) groups excluding carboxylic acids is 2. The fourth-order valence-electron chi connectivity index (χ4n) is 1.62. The zero-order valence-corrected chi connectivity index (χ0v) is 12.6. The maximum absolute atomic E-state index is 11.8. The molecule has 0 aliphatic heterocycles. The van der Waals surface area contributed by atoms with Crippen LogP contribution in [-0.4, -0.2) is 43.1 Å². The van der Waals surface area contributed by atoms with Crippen molar-refractivity contribution >= 4 is 12.4 Å². The monoisotopic (exact) mass is 290 g/mol. The van der Waals surface area contributed by atoms with Crippen LogP contribution < -0.4 is 5.84 Å². The Hall–Kier alpha value is -1.18. The molecule has 0 rings (SSSR count). The van der Waals surface area contributed by atoms with E-state index in [2.05, 4.69) is 0 Å². The minimum atomic E-state index is -1.42. The van der Waals surface area contributed by atoms with Crippen molar-refractivity contribution < 1.29 is 23.8 Å². The number of hydrogen-bond acceptors (Lipinski definition) is 6. The van der Waals surface area contributed by atoms with Crippen LogP contribution in [0.25, 0.3) is 0 Å². The maximum atomic E-state index is 11.8. The molecule has 0 aromatic heterocycles. The molecule has 0 unspecified atom stereocenters. The van der Waals surface area contributed by atoms with Gasteiger partial charge in [0, 0.05) is 19.9 Å². The van der Waals surface area contributed by atoms with Gasteiger partial charge in [-0.1, -0.05) is 6.42 Å². The highest BCUT2D eigenvalue weighted by Crippen LogP contribution is 2.15. The molecule has 0 aromatic carbocycles. The second-order valence-corrected chi connectivity index (χ2v) is 4.31. The van der Waals surface area contributed by atoms with Crippen molar-refractivity contribution in [1.82, 2.24) is 5.01 Å². The van der Waals surface area contributed by atoms with Crippen molar-refractivity contribution in [3.8, 4) is 0 Å². The normalized spacial score (nSPS) is 11.2. The van der Waals surface area contributed by atoms with Gasteiger partial charge in [0.15, 0.2) is 0 Å². The van der Waals surface area contributed by atoms with Gasteiger partial charge in [0.1, 0.15) is 6.29 Å². The summed E-state index contributed by atoms with van der Waals surface area (Å²) in [6.45, 7) is 6.12. The van der Waals surface area contributed by atoms with Crippen LogP contribution in [0.3, 0.4) is 0 Å². The highest BCUT2D eigenvalue weighted by atomic mass is 16.9. The van der Waals surface area contributed by atoms with E-state index in [1.807, 2.05) is 0 Å². The molecule has 0 saturated carbocycles. The fourth-order valence-corrected chi connectivity index (χ4v) is 1.62. The van der Waals surface area contributed by atoms with Gasteiger partial charge in [-0.3, -0.25) is 0 Å². The first kappa shape index (κ1) is 18.8. The van der Waals surface area contributed by atoms with Gasteiger partial charge in [-0.15, -0.1) is 0 Å². The van der Waals surface area contributed by atoms with Gasteiger partial charge in [0.25, 0.3) is 0 Å². The maximum Gasteiger partial charge on any atom is 0.428 e. The summed E-state index contributed by atoms with van der Waals surface area (Å²) >= 11 is 0. The molecule has 0 atom stereocenters. The summed E-state index contributed by atoms with van der Waals surface area (Å²) < 4.78 is 15.6. The smallest absolute Gasteiger partial charge is 0.390 e. The number of nitrogens with two attached hydrogens (primary N) is 1. The Balaban J connectivity index is 4.11. The number of carbonyl (C=O) groups is 2. The molecule has 0 aromatic rings. The van der Waals surface area contributed by atoms with Crippen LogP contribution in [-0.2, 0) is 19.0 Å². The third kappa shape index (κ3) is 8.08. The van der Waals surface area contributed by atoms with E-state index in [4.69, 9.17) is 20.1 Å². The van der Waals surface area contributed by atoms with Gasteiger partial charge in [0.05, 0.1) is 13.2 Å². The number of rotatable bonds is 11. The number of hydrazine groups is 1. The van der Waals surface area contributed by atoms with Crippen molar-refractivity contribution in [3.63, 3.8) is 0 Å². The SMILES string of the molecule is CCOC(C)(OCC)OC(=O)N(N)CCCCCC=O. The Bertz CT molecular complexity index is 280. The molecule has 0 radical (unpaired) electrons. The first-order valence-electron chi connectivity index (χ1n) is 6.95. The van der Waals surface area contributed by atoms with Gasteiger partial charge < -0.3 is 19.0 Å². The van der Waals surface area contributed by atoms with Crippen LogP contribution in [0.1, 0.15) is 46.5 Å². The fraction of sp³-hybridized carbons (Fsp3) is 0.846. The predicted octanol–water partition coefficient (Wildman–Crippen LogP) is 1.80. The van der Waals surface area contributed by atoms with E-state index >= 15 is 0 Å². The Kier molecular flexibility index (Phi) is 9.96. The van der Waals surface area contributed by atoms with E-state index in [0.717, 1.165) is 24.1 Å². The molecule has 2 N–H and O–H groups in total. The number of amides is 1. The number of aldehydes is 1. The zero-order chi connectivity index (χ0) is 15.4. The van der Waals surface area contributed by atoms with Crippen LogP contribution in [0.2, 0.25) is 0 Å². The van der Waals surface area contributed by atoms with E-state index < -0.39 is 12.1 Å². The molecule has 0 fully saturated rings. The molecular weight excluding hydrogens is 264 g/mol. The van der Waals surface area contributed by atoms with Gasteiger partial charge in [-0.05, 0) is 26.7 Å². The summed E-state index contributed by atoms with van der Waals surface area (Å²) in [6.07, 6.45) is 3.03. The number of ether oxygens (including phenoxy) is 3. The highest BCUT2D eigenvalue weighted by molar-refractivity contribution is 5.67. The molecule has 0 aliphatic rings. The number of hydrogen-bond donors (Lipinski definition) is 1. The Morgan fingerprint density at radius 3 is 2.30 bits per heavy atom. The minimum Gasteiger partial charge on any atom is -0.390 e. The molecule has 20 heavy (non-hydrogen) atoms. The Labute approximate surface area is 120 Å². The molecule has 0 aliphatic carbocycles. The van der Waals surface area contributed by atoms with Gasteiger partial charge in [0.2, 0.25) is 0 Å². The topological polar surface area (TPSA) is 91.1 Å². The molecule has 0 saturated heterocycles. The van der Waals surface area contributed by atoms with Crippen molar-refractivity contribution in [3.05, 3.63) is 0 Å². The van der Waals surface area contributed by atoms with Gasteiger partial charge in [-0.25, -0.2) is 15.6 Å². The molecule has 0 bridgehead atoms. The van der Waals surface area contributed by atoms with E-state index in [0.29, 0.717) is 32.6 Å². The second kappa shape index (κ2) is 10.6. The lowest BCUT2D eigenvalue weighted by Crippen LogP contribution is -2.46. The van der Waals surface area contributed by atoms with Crippen LogP contribution in [0.4, 0.5) is 4.79 Å². The van der Waals surface area contributed by atoms with Crippen LogP contribution in [0.5, 0.6) is 0 Å². The predicted molar refractivity (Wildman–Crippen MR) is 73.6 cm³/mol. The van der Waals surface area contributed by atoms with E-state index in [1.165, 1.54) is 6.92 Å². The lowest BCUT2D eigenvalue weighted by molar-refractivity contribution is -0.343. The standard InChI is InChI=1S/C13H26N2O5/c1-4-18-13(3,19-5-2)20-12(17)15(14)10-8-6-7-9-11-16/h11H,4-10,14H2,1-3H3. The van der Waals surface area contributed by atoms with E-state index in [-0.39, 0.29) is 0 Å². The van der Waals surface area contributed by atoms with Gasteiger partial charge in [-0.2, -0.15) is 0 Å². The van der Waals surface area contributed by atoms with Crippen molar-refractivity contribution in [2.75, 3.05) is 19.8 Å². The molecule has 7 nitrogen and oxygen atoms in total. The van der Waals surface area contributed by atoms with E-state index in [1.54, 1.807) is 13.8 Å². The number of nitrogens with zero attached hydrogens (tertiary/aromatic N) is 1. The van der Waals surface area contributed by atoms with Crippen molar-refractivity contribution in [1.29, 1.82) is 0 Å². The first-order valence-corrected chi connectivity index (χ1v) is 6.95. The summed E-state index contributed by atoms with van der Waals surface area (Å²) in [5.41, 5.74) is 0. The molecular formula is C13H26N2O5. The summed E-state index contributed by atoms with van der Waals surface area (Å²) in [5.74, 6) is 4.19. The summed E-state index contributed by atoms with van der Waals surface area (Å²) in [6, 6.07) is 0. The minimum absolute atomic E-state index is 0.347. The lowest BCUT2D eigenvalue weighted by atomic mass is 10.2. The largest absolute Gasteiger partial charge is 0.428 e. The lowest BCUT2D eigenvalue weighted by Gasteiger charge is -2.29. The Morgan fingerprint density at radius 2 is 1.80 bits per heavy atom. The average molecular weight is 290 g/mol. The molecule has 118 valence electrons. The average Bonchev–Trinajstić information content (AvgIpc) is 2.38. The molecule has 1 amide bonds. The van der Waals surface area contributed by atoms with Crippen molar-refractivity contribution in [2.24, 2.45) is 5.84 Å². The molecule has 7 heteroatoms. The second-order valence-electron chi connectivity index (χ2n) is 4.31. The first-order chi connectivity index (χ1) is 9.49. The van der Waals surface area contributed by atoms with Crippen LogP contribution >= 0.6 is 0 Å². The van der Waals surface area contributed by atoms with E-state index in [9.17, 15) is 9.59 Å². The summed E-state index contributed by atoms with van der Waals surface area (Å²) in [5, 5.41) is 0.983. The third-order valence-corrected chi connectivity index (χ3v) is 2.54. The molecule has 0 spiro atoms. The zero-order valence-electron chi connectivity index (χ0n) is 12.6. The van der Waals surface area contributed by atoms with Crippen LogP contribution in [0, 0.1) is 0 Å².